The molecule has 6 heavy (non-hydrogen) atoms. The standard InChI is InChI=1S/3CH3.2ClH.Sn/h3*1H3;2*1H;/q;;;;;+1/p-2. The van der Waals surface area contributed by atoms with Gasteiger partial charge in [-0.25, -0.2) is 0 Å². The van der Waals surface area contributed by atoms with E-state index in [1.165, 1.54) is 0 Å². The molecule has 0 nitrogen and oxygen atoms in total. The van der Waals surface area contributed by atoms with Gasteiger partial charge in [-0.3, -0.25) is 0 Å². The van der Waals surface area contributed by atoms with Crippen LogP contribution in [-0.4, -0.2) is 14.7 Å². The zero-order valence-corrected chi connectivity index (χ0v) is 8.62. The average Bonchev–Trinajstić information content (AvgIpc) is 0.650. The number of halogens is 2. The molecule has 0 heterocycles. The first kappa shape index (κ1) is 7.38. The van der Waals surface area contributed by atoms with Crippen molar-refractivity contribution in [1.82, 2.24) is 0 Å². The molecule has 0 aliphatic heterocycles. The molecule has 0 fully saturated rings. The molecule has 3 heteroatoms. The van der Waals surface area contributed by atoms with Gasteiger partial charge >= 0.3 is 47.4 Å². The van der Waals surface area contributed by atoms with E-state index in [1.54, 1.807) is 0 Å². The molecule has 0 saturated carbocycles. The van der Waals surface area contributed by atoms with Crippen molar-refractivity contribution < 1.29 is 0 Å². The van der Waals surface area contributed by atoms with Gasteiger partial charge in [0.25, 0.3) is 0 Å². The fourth-order valence-corrected chi connectivity index (χ4v) is 0. The van der Waals surface area contributed by atoms with Crippen molar-refractivity contribution in [2.24, 2.45) is 0 Å². The SMILES string of the molecule is [CH3][Sn-]([CH3])([CH3])([Cl])[Cl]. The van der Waals surface area contributed by atoms with Crippen LogP contribution in [0, 0.1) is 0 Å². The first-order chi connectivity index (χ1) is 2.24. The molecular weight excluding hydrogens is 226 g/mol. The molecule has 0 radical (unpaired) electrons. The van der Waals surface area contributed by atoms with Crippen molar-refractivity contribution in [3.8, 4) is 0 Å². The van der Waals surface area contributed by atoms with Crippen LogP contribution in [0.4, 0.5) is 0 Å². The molecular formula is C3H9Cl2Sn-. The molecule has 0 N–H and O–H groups in total. The summed E-state index contributed by atoms with van der Waals surface area (Å²) in [5.41, 5.74) is 0. The fraction of sp³-hybridized carbons (Fsp3) is 1.00. The molecule has 0 aromatic heterocycles. The molecule has 0 atom stereocenters. The van der Waals surface area contributed by atoms with E-state index < -0.39 is 14.7 Å². The Bertz CT molecular complexity index is 42.0. The molecule has 0 aliphatic rings. The van der Waals surface area contributed by atoms with Crippen LogP contribution in [0.2, 0.25) is 14.8 Å². The quantitative estimate of drug-likeness (QED) is 0.566. The fourth-order valence-electron chi connectivity index (χ4n) is 0. The van der Waals surface area contributed by atoms with Crippen LogP contribution >= 0.6 is 17.8 Å². The van der Waals surface area contributed by atoms with Gasteiger partial charge in [-0.1, -0.05) is 0 Å². The van der Waals surface area contributed by atoms with Gasteiger partial charge in [-0.15, -0.1) is 0 Å². The van der Waals surface area contributed by atoms with Crippen molar-refractivity contribution in [2.45, 2.75) is 14.8 Å². The van der Waals surface area contributed by atoms with Crippen LogP contribution in [0.3, 0.4) is 0 Å². The third-order valence-corrected chi connectivity index (χ3v) is 0. The van der Waals surface area contributed by atoms with E-state index in [-0.39, 0.29) is 0 Å². The molecule has 0 rings (SSSR count). The molecule has 0 spiro atoms. The number of hydrogen-bond acceptors (Lipinski definition) is 0. The van der Waals surface area contributed by atoms with Crippen LogP contribution in [0.15, 0.2) is 0 Å². The predicted octanol–water partition coefficient (Wildman–Crippen LogP) is 2.75. The Morgan fingerprint density at radius 1 is 1.00 bits per heavy atom. The molecule has 0 bridgehead atoms. The molecule has 0 saturated heterocycles. The first-order valence-electron chi connectivity index (χ1n) is 1.88. The van der Waals surface area contributed by atoms with Gasteiger partial charge in [0.15, 0.2) is 0 Å². The Morgan fingerprint density at radius 3 is 1.00 bits per heavy atom. The van der Waals surface area contributed by atoms with Crippen molar-refractivity contribution >= 4 is 32.6 Å². The Hall–Kier alpha value is 1.38. The second-order valence-corrected chi connectivity index (χ2v) is 37.2. The Labute approximate surface area is 47.3 Å². The van der Waals surface area contributed by atoms with Crippen molar-refractivity contribution in [1.29, 1.82) is 0 Å². The van der Waals surface area contributed by atoms with Gasteiger partial charge in [0.05, 0.1) is 0 Å². The van der Waals surface area contributed by atoms with Gasteiger partial charge in [-0.2, -0.15) is 0 Å². The monoisotopic (exact) mass is 235 g/mol. The van der Waals surface area contributed by atoms with Gasteiger partial charge in [-0.05, 0) is 0 Å². The number of rotatable bonds is 0. The van der Waals surface area contributed by atoms with Crippen LogP contribution in [0.1, 0.15) is 0 Å². The summed E-state index contributed by atoms with van der Waals surface area (Å²) in [5, 5.41) is 0. The maximum atomic E-state index is 5.76. The second kappa shape index (κ2) is 1.43. The van der Waals surface area contributed by atoms with Gasteiger partial charge in [0.1, 0.15) is 0 Å². The van der Waals surface area contributed by atoms with Crippen molar-refractivity contribution in [3.05, 3.63) is 0 Å². The Morgan fingerprint density at radius 2 is 1.00 bits per heavy atom. The van der Waals surface area contributed by atoms with E-state index in [2.05, 4.69) is 0 Å². The van der Waals surface area contributed by atoms with E-state index in [4.69, 9.17) is 17.8 Å². The summed E-state index contributed by atoms with van der Waals surface area (Å²) in [5.74, 6) is 0. The maximum absolute atomic E-state index is 5.76. The van der Waals surface area contributed by atoms with Crippen LogP contribution in [-0.2, 0) is 0 Å². The third-order valence-electron chi connectivity index (χ3n) is 0. The molecule has 0 aromatic rings. The molecule has 0 aromatic carbocycles. The molecule has 40 valence electrons. The van der Waals surface area contributed by atoms with Gasteiger partial charge < -0.3 is 0 Å². The van der Waals surface area contributed by atoms with Crippen LogP contribution < -0.4 is 0 Å². The van der Waals surface area contributed by atoms with E-state index in [0.29, 0.717) is 0 Å². The summed E-state index contributed by atoms with van der Waals surface area (Å²) < 4.78 is 0. The van der Waals surface area contributed by atoms with E-state index in [0.717, 1.165) is 0 Å². The minimum absolute atomic E-state index is 1.95. The van der Waals surface area contributed by atoms with Crippen LogP contribution in [0.25, 0.3) is 0 Å². The first-order valence-corrected chi connectivity index (χ1v) is 17.7. The van der Waals surface area contributed by atoms with Gasteiger partial charge in [0.2, 0.25) is 0 Å². The second-order valence-electron chi connectivity index (χ2n) is 2.71. The van der Waals surface area contributed by atoms with Crippen molar-refractivity contribution in [3.63, 3.8) is 0 Å². The average molecular weight is 235 g/mol. The van der Waals surface area contributed by atoms with E-state index in [1.807, 2.05) is 14.8 Å². The predicted molar refractivity (Wildman–Crippen MR) is 35.1 cm³/mol. The summed E-state index contributed by atoms with van der Waals surface area (Å²) in [6, 6.07) is 0. The van der Waals surface area contributed by atoms with Gasteiger partial charge in [0, 0.05) is 0 Å². The third kappa shape index (κ3) is 54.3. The van der Waals surface area contributed by atoms with Crippen LogP contribution in [0.5, 0.6) is 0 Å². The summed E-state index contributed by atoms with van der Waals surface area (Å²) in [6.45, 7) is 0. The topological polar surface area (TPSA) is 0 Å². The summed E-state index contributed by atoms with van der Waals surface area (Å²) in [7, 11) is 11.5. The number of hydrogen-bond donors (Lipinski definition) is 0. The van der Waals surface area contributed by atoms with Crippen molar-refractivity contribution in [2.75, 3.05) is 0 Å². The molecule has 0 aliphatic carbocycles. The Balaban J connectivity index is 3.73. The normalized spacial score (nSPS) is 19.2. The van der Waals surface area contributed by atoms with E-state index in [9.17, 15) is 0 Å². The zero-order chi connectivity index (χ0) is 5.45. The Kier molecular flexibility index (Phi) is 1.75. The zero-order valence-electron chi connectivity index (χ0n) is 4.26. The summed E-state index contributed by atoms with van der Waals surface area (Å²) >= 11 is -2.82. The summed E-state index contributed by atoms with van der Waals surface area (Å²) in [4.78, 5) is 5.85. The molecule has 0 amide bonds. The molecule has 0 unspecified atom stereocenters. The summed E-state index contributed by atoms with van der Waals surface area (Å²) in [6.07, 6.45) is 0. The minimum atomic E-state index is -2.82. The van der Waals surface area contributed by atoms with E-state index >= 15 is 0 Å².